The zero-order valence-corrected chi connectivity index (χ0v) is 16.0. The van der Waals surface area contributed by atoms with Gasteiger partial charge in [0.1, 0.15) is 23.4 Å². The summed E-state index contributed by atoms with van der Waals surface area (Å²) in [4.78, 5) is 36.6. The van der Waals surface area contributed by atoms with E-state index in [1.807, 2.05) is 26.0 Å². The van der Waals surface area contributed by atoms with Gasteiger partial charge in [-0.05, 0) is 43.4 Å². The van der Waals surface area contributed by atoms with Crippen molar-refractivity contribution < 1.29 is 9.59 Å². The van der Waals surface area contributed by atoms with E-state index >= 15 is 0 Å². The second-order valence-corrected chi connectivity index (χ2v) is 7.50. The fraction of sp³-hybridized carbons (Fsp3) is 0.500. The number of aromatic amines is 1. The van der Waals surface area contributed by atoms with Crippen molar-refractivity contribution >= 4 is 22.8 Å². The van der Waals surface area contributed by atoms with Crippen molar-refractivity contribution in [2.75, 3.05) is 13.6 Å². The van der Waals surface area contributed by atoms with E-state index in [9.17, 15) is 14.9 Å². The lowest BCUT2D eigenvalue weighted by Gasteiger charge is -2.32. The van der Waals surface area contributed by atoms with Crippen LogP contribution >= 0.6 is 0 Å². The Kier molecular flexibility index (Phi) is 5.45. The molecule has 27 heavy (non-hydrogen) atoms. The maximum atomic E-state index is 13.2. The summed E-state index contributed by atoms with van der Waals surface area (Å²) in [6, 6.07) is 6.67. The number of hydrogen-bond donors (Lipinski definition) is 1. The van der Waals surface area contributed by atoms with E-state index in [0.29, 0.717) is 30.7 Å². The van der Waals surface area contributed by atoms with E-state index in [1.54, 1.807) is 24.2 Å². The normalized spacial score (nSPS) is 17.9. The van der Waals surface area contributed by atoms with Crippen molar-refractivity contribution in [3.05, 3.63) is 30.1 Å². The van der Waals surface area contributed by atoms with Crippen LogP contribution in [0.15, 0.2) is 24.4 Å². The summed E-state index contributed by atoms with van der Waals surface area (Å²) in [6.07, 6.45) is 3.73. The Morgan fingerprint density at radius 1 is 1.48 bits per heavy atom. The zero-order chi connectivity index (χ0) is 19.6. The summed E-state index contributed by atoms with van der Waals surface area (Å²) >= 11 is 0. The lowest BCUT2D eigenvalue weighted by molar-refractivity contribution is -0.136. The van der Waals surface area contributed by atoms with E-state index in [1.165, 1.54) is 4.90 Å². The molecule has 1 saturated heterocycles. The van der Waals surface area contributed by atoms with Crippen LogP contribution < -0.4 is 0 Å². The number of H-pyrrole nitrogens is 1. The number of carbonyl (C=O) groups excluding carboxylic acids is 2. The van der Waals surface area contributed by atoms with Gasteiger partial charge in [-0.15, -0.1) is 0 Å². The Bertz CT molecular complexity index is 849. The minimum absolute atomic E-state index is 0.141. The zero-order valence-electron chi connectivity index (χ0n) is 16.0. The number of pyridine rings is 1. The van der Waals surface area contributed by atoms with Crippen molar-refractivity contribution in [2.24, 2.45) is 5.92 Å². The molecule has 1 aliphatic heterocycles. The maximum Gasteiger partial charge on any atom is 0.270 e. The third-order valence-corrected chi connectivity index (χ3v) is 5.07. The second-order valence-electron chi connectivity index (χ2n) is 7.50. The topological polar surface area (TPSA) is 93.1 Å². The quantitative estimate of drug-likeness (QED) is 0.879. The van der Waals surface area contributed by atoms with E-state index < -0.39 is 12.1 Å². The molecular formula is C20H25N5O2. The largest absolute Gasteiger partial charge is 0.335 e. The predicted molar refractivity (Wildman–Crippen MR) is 102 cm³/mol. The maximum absolute atomic E-state index is 13.2. The second kappa shape index (κ2) is 7.78. The molecule has 3 heterocycles. The van der Waals surface area contributed by atoms with Crippen molar-refractivity contribution in [3.63, 3.8) is 0 Å². The van der Waals surface area contributed by atoms with Crippen LogP contribution in [0.4, 0.5) is 0 Å². The number of nitrogens with zero attached hydrogens (tertiary/aromatic N) is 4. The predicted octanol–water partition coefficient (Wildman–Crippen LogP) is 2.56. The molecule has 1 fully saturated rings. The van der Waals surface area contributed by atoms with Crippen LogP contribution in [0.3, 0.4) is 0 Å². The molecule has 1 aliphatic rings. The first-order chi connectivity index (χ1) is 12.9. The standard InChI is InChI=1S/C20H25N5O2/c1-13(2)10-17(20(27)25-9-5-7-15(25)12-21)24(3)19(26)16-11-14-6-4-8-22-18(14)23-16/h4,6,8,11,13,15,17H,5,7,9-10H2,1-3H3,(H,22,23). The molecule has 0 spiro atoms. The van der Waals surface area contributed by atoms with Gasteiger partial charge in [0.2, 0.25) is 5.91 Å². The lowest BCUT2D eigenvalue weighted by atomic mass is 10.0. The van der Waals surface area contributed by atoms with Crippen LogP contribution in [-0.2, 0) is 4.79 Å². The SMILES string of the molecule is CC(C)CC(C(=O)N1CCCC1C#N)N(C)C(=O)c1cc2cccnc2[nH]1. The summed E-state index contributed by atoms with van der Waals surface area (Å²) in [6.45, 7) is 4.62. The van der Waals surface area contributed by atoms with Gasteiger partial charge in [0.15, 0.2) is 0 Å². The van der Waals surface area contributed by atoms with Crippen molar-refractivity contribution in [2.45, 2.75) is 45.2 Å². The molecule has 0 aromatic carbocycles. The Morgan fingerprint density at radius 3 is 2.93 bits per heavy atom. The first kappa shape index (κ1) is 18.9. The van der Waals surface area contributed by atoms with Gasteiger partial charge in [0.05, 0.1) is 6.07 Å². The van der Waals surface area contributed by atoms with E-state index in [2.05, 4.69) is 16.0 Å². The molecular weight excluding hydrogens is 342 g/mol. The van der Waals surface area contributed by atoms with Gasteiger partial charge in [-0.3, -0.25) is 9.59 Å². The number of rotatable bonds is 5. The lowest BCUT2D eigenvalue weighted by Crippen LogP contribution is -2.51. The number of nitrogens with one attached hydrogen (secondary N) is 1. The molecule has 7 nitrogen and oxygen atoms in total. The third-order valence-electron chi connectivity index (χ3n) is 5.07. The molecule has 0 radical (unpaired) electrons. The van der Waals surface area contributed by atoms with E-state index in [4.69, 9.17) is 0 Å². The molecule has 1 N–H and O–H groups in total. The molecule has 2 aromatic rings. The average Bonchev–Trinajstić information content (AvgIpc) is 3.30. The molecule has 2 amide bonds. The third kappa shape index (κ3) is 3.80. The molecule has 7 heteroatoms. The number of aromatic nitrogens is 2. The van der Waals surface area contributed by atoms with Crippen molar-refractivity contribution in [3.8, 4) is 6.07 Å². The fourth-order valence-corrected chi connectivity index (χ4v) is 3.63. The molecule has 2 aromatic heterocycles. The van der Waals surface area contributed by atoms with Crippen LogP contribution in [0.25, 0.3) is 11.0 Å². The van der Waals surface area contributed by atoms with Gasteiger partial charge in [0, 0.05) is 25.2 Å². The fourth-order valence-electron chi connectivity index (χ4n) is 3.63. The van der Waals surface area contributed by atoms with Gasteiger partial charge in [-0.2, -0.15) is 5.26 Å². The number of fused-ring (bicyclic) bond motifs is 1. The smallest absolute Gasteiger partial charge is 0.270 e. The molecule has 142 valence electrons. The number of carbonyl (C=O) groups is 2. The van der Waals surface area contributed by atoms with Crippen molar-refractivity contribution in [1.29, 1.82) is 5.26 Å². The van der Waals surface area contributed by atoms with Gasteiger partial charge in [0.25, 0.3) is 5.91 Å². The summed E-state index contributed by atoms with van der Waals surface area (Å²) in [7, 11) is 1.66. The monoisotopic (exact) mass is 367 g/mol. The van der Waals surface area contributed by atoms with Crippen LogP contribution in [0, 0.1) is 17.2 Å². The van der Waals surface area contributed by atoms with Crippen LogP contribution in [0.5, 0.6) is 0 Å². The highest BCUT2D eigenvalue weighted by molar-refractivity contribution is 5.99. The van der Waals surface area contributed by atoms with Crippen molar-refractivity contribution in [1.82, 2.24) is 19.8 Å². The van der Waals surface area contributed by atoms with Crippen LogP contribution in [-0.4, -0.2) is 57.3 Å². The number of hydrogen-bond acceptors (Lipinski definition) is 4. The highest BCUT2D eigenvalue weighted by atomic mass is 16.2. The Morgan fingerprint density at radius 2 is 2.26 bits per heavy atom. The average molecular weight is 367 g/mol. The molecule has 0 bridgehead atoms. The Hall–Kier alpha value is -2.88. The Labute approximate surface area is 159 Å². The molecule has 3 rings (SSSR count). The number of likely N-dealkylation sites (tertiary alicyclic amines) is 1. The van der Waals surface area contributed by atoms with Crippen LogP contribution in [0.2, 0.25) is 0 Å². The summed E-state index contributed by atoms with van der Waals surface area (Å²) in [5, 5.41) is 10.2. The van der Waals surface area contributed by atoms with E-state index in [0.717, 1.165) is 11.8 Å². The molecule has 0 aliphatic carbocycles. The van der Waals surface area contributed by atoms with Crippen LogP contribution in [0.1, 0.15) is 43.6 Å². The summed E-state index contributed by atoms with van der Waals surface area (Å²) < 4.78 is 0. The number of likely N-dealkylation sites (N-methyl/N-ethyl adjacent to an activating group) is 1. The van der Waals surface area contributed by atoms with Gasteiger partial charge < -0.3 is 14.8 Å². The van der Waals surface area contributed by atoms with Gasteiger partial charge in [-0.1, -0.05) is 13.8 Å². The first-order valence-electron chi connectivity index (χ1n) is 9.33. The Balaban J connectivity index is 1.86. The summed E-state index contributed by atoms with van der Waals surface area (Å²) in [5.41, 5.74) is 1.05. The van der Waals surface area contributed by atoms with E-state index in [-0.39, 0.29) is 17.7 Å². The molecule has 2 atom stereocenters. The molecule has 2 unspecified atom stereocenters. The van der Waals surface area contributed by atoms with Gasteiger partial charge >= 0.3 is 0 Å². The molecule has 0 saturated carbocycles. The highest BCUT2D eigenvalue weighted by Crippen LogP contribution is 2.23. The first-order valence-corrected chi connectivity index (χ1v) is 9.33. The highest BCUT2D eigenvalue weighted by Gasteiger charge is 2.37. The van der Waals surface area contributed by atoms with Gasteiger partial charge in [-0.25, -0.2) is 4.98 Å². The number of nitriles is 1. The minimum atomic E-state index is -0.592. The minimum Gasteiger partial charge on any atom is -0.335 e. The number of amides is 2. The summed E-state index contributed by atoms with van der Waals surface area (Å²) in [5.74, 6) is -0.153.